The molecule has 0 saturated carbocycles. The molecular formula is C22H19FN2O3. The van der Waals surface area contributed by atoms with Crippen LogP contribution in [-0.4, -0.2) is 18.4 Å². The van der Waals surface area contributed by atoms with E-state index in [4.69, 9.17) is 4.74 Å². The van der Waals surface area contributed by atoms with Crippen molar-refractivity contribution in [3.63, 3.8) is 0 Å². The highest BCUT2D eigenvalue weighted by Crippen LogP contribution is 2.22. The monoisotopic (exact) mass is 378 g/mol. The maximum absolute atomic E-state index is 13.5. The number of rotatable bonds is 7. The van der Waals surface area contributed by atoms with E-state index in [9.17, 15) is 14.0 Å². The molecule has 0 aliphatic carbocycles. The lowest BCUT2D eigenvalue weighted by atomic mass is 10.1. The van der Waals surface area contributed by atoms with Gasteiger partial charge in [0.2, 0.25) is 11.8 Å². The van der Waals surface area contributed by atoms with Crippen LogP contribution in [0.15, 0.2) is 78.9 Å². The average molecular weight is 378 g/mol. The zero-order valence-corrected chi connectivity index (χ0v) is 15.0. The van der Waals surface area contributed by atoms with Gasteiger partial charge in [-0.2, -0.15) is 0 Å². The lowest BCUT2D eigenvalue weighted by Gasteiger charge is -2.09. The molecule has 0 aromatic heterocycles. The van der Waals surface area contributed by atoms with Gasteiger partial charge >= 0.3 is 0 Å². The van der Waals surface area contributed by atoms with Crippen molar-refractivity contribution in [2.45, 2.75) is 6.42 Å². The van der Waals surface area contributed by atoms with Gasteiger partial charge in [-0.1, -0.05) is 36.4 Å². The Balaban J connectivity index is 1.45. The van der Waals surface area contributed by atoms with E-state index < -0.39 is 11.7 Å². The molecule has 2 N–H and O–H groups in total. The lowest BCUT2D eigenvalue weighted by Crippen LogP contribution is -2.33. The lowest BCUT2D eigenvalue weighted by molar-refractivity contribution is -0.123. The summed E-state index contributed by atoms with van der Waals surface area (Å²) in [6.07, 6.45) is -0.120. The van der Waals surface area contributed by atoms with Crippen LogP contribution in [0.3, 0.4) is 0 Å². The Labute approximate surface area is 162 Å². The third-order valence-electron chi connectivity index (χ3n) is 3.87. The topological polar surface area (TPSA) is 67.4 Å². The number of carbonyl (C=O) groups excluding carboxylic acids is 2. The Morgan fingerprint density at radius 3 is 2.14 bits per heavy atom. The molecule has 0 aliphatic heterocycles. The molecule has 28 heavy (non-hydrogen) atoms. The third kappa shape index (κ3) is 5.67. The first kappa shape index (κ1) is 19.1. The van der Waals surface area contributed by atoms with Gasteiger partial charge in [0.05, 0.1) is 13.0 Å². The molecule has 0 heterocycles. The number of para-hydroxylation sites is 1. The van der Waals surface area contributed by atoms with E-state index >= 15 is 0 Å². The molecule has 3 rings (SSSR count). The molecule has 3 aromatic carbocycles. The summed E-state index contributed by atoms with van der Waals surface area (Å²) in [6, 6.07) is 22.3. The number of halogens is 1. The molecule has 0 radical (unpaired) electrons. The zero-order valence-electron chi connectivity index (χ0n) is 15.0. The first-order valence-corrected chi connectivity index (χ1v) is 8.73. The molecular weight excluding hydrogens is 359 g/mol. The number of anilines is 1. The fourth-order valence-corrected chi connectivity index (χ4v) is 2.49. The van der Waals surface area contributed by atoms with E-state index in [2.05, 4.69) is 10.6 Å². The third-order valence-corrected chi connectivity index (χ3v) is 3.87. The summed E-state index contributed by atoms with van der Waals surface area (Å²) in [5.41, 5.74) is 0.864. The van der Waals surface area contributed by atoms with Crippen molar-refractivity contribution in [3.05, 3.63) is 90.2 Å². The van der Waals surface area contributed by atoms with Crippen LogP contribution in [0.1, 0.15) is 5.56 Å². The fraction of sp³-hybridized carbons (Fsp3) is 0.0909. The quantitative estimate of drug-likeness (QED) is 0.655. The Morgan fingerprint density at radius 1 is 0.786 bits per heavy atom. The number of benzene rings is 3. The van der Waals surface area contributed by atoms with Gasteiger partial charge in [0.1, 0.15) is 17.3 Å². The van der Waals surface area contributed by atoms with E-state index in [0.717, 1.165) is 5.75 Å². The number of hydrogen-bond donors (Lipinski definition) is 2. The van der Waals surface area contributed by atoms with Crippen molar-refractivity contribution in [2.75, 3.05) is 11.9 Å². The highest BCUT2D eigenvalue weighted by Gasteiger charge is 2.09. The largest absolute Gasteiger partial charge is 0.457 e. The molecule has 3 aromatic rings. The molecule has 0 bridgehead atoms. The minimum absolute atomic E-state index is 0.120. The molecule has 0 fully saturated rings. The van der Waals surface area contributed by atoms with Crippen LogP contribution in [0.5, 0.6) is 11.5 Å². The summed E-state index contributed by atoms with van der Waals surface area (Å²) in [4.78, 5) is 23.8. The SMILES string of the molecule is O=C(Cc1ccccc1F)NCC(=O)Nc1ccc(Oc2ccccc2)cc1. The Kier molecular flexibility index (Phi) is 6.36. The summed E-state index contributed by atoms with van der Waals surface area (Å²) in [5, 5.41) is 5.16. The van der Waals surface area contributed by atoms with Crippen LogP contribution >= 0.6 is 0 Å². The van der Waals surface area contributed by atoms with Crippen LogP contribution in [0, 0.1) is 5.82 Å². The number of amides is 2. The molecule has 0 saturated heterocycles. The highest BCUT2D eigenvalue weighted by atomic mass is 19.1. The van der Waals surface area contributed by atoms with E-state index in [0.29, 0.717) is 11.4 Å². The smallest absolute Gasteiger partial charge is 0.243 e. The van der Waals surface area contributed by atoms with Gasteiger partial charge in [-0.3, -0.25) is 9.59 Å². The number of carbonyl (C=O) groups is 2. The molecule has 142 valence electrons. The maximum Gasteiger partial charge on any atom is 0.243 e. The van der Waals surface area contributed by atoms with Gasteiger partial charge in [0.25, 0.3) is 0 Å². The van der Waals surface area contributed by atoms with Crippen molar-refractivity contribution in [2.24, 2.45) is 0 Å². The van der Waals surface area contributed by atoms with E-state index in [1.54, 1.807) is 36.4 Å². The Hall–Kier alpha value is -3.67. The molecule has 2 amide bonds. The summed E-state index contributed by atoms with van der Waals surface area (Å²) in [6.45, 7) is -0.199. The molecule has 0 atom stereocenters. The van der Waals surface area contributed by atoms with Gasteiger partial charge in [-0.15, -0.1) is 0 Å². The second-order valence-corrected chi connectivity index (χ2v) is 6.03. The van der Waals surface area contributed by atoms with Crippen molar-refractivity contribution in [3.8, 4) is 11.5 Å². The summed E-state index contributed by atoms with van der Waals surface area (Å²) in [5.74, 6) is 0.115. The fourth-order valence-electron chi connectivity index (χ4n) is 2.49. The van der Waals surface area contributed by atoms with Crippen molar-refractivity contribution < 1.29 is 18.7 Å². The average Bonchev–Trinajstić information content (AvgIpc) is 2.70. The molecule has 0 aliphatic rings. The van der Waals surface area contributed by atoms with Crippen LogP contribution in [0.2, 0.25) is 0 Å². The van der Waals surface area contributed by atoms with Gasteiger partial charge in [-0.05, 0) is 48.0 Å². The first-order chi connectivity index (χ1) is 13.6. The van der Waals surface area contributed by atoms with Crippen molar-refractivity contribution >= 4 is 17.5 Å². The van der Waals surface area contributed by atoms with E-state index in [1.165, 1.54) is 12.1 Å². The second-order valence-electron chi connectivity index (χ2n) is 6.03. The van der Waals surface area contributed by atoms with Crippen molar-refractivity contribution in [1.29, 1.82) is 0 Å². The molecule has 6 heteroatoms. The molecule has 5 nitrogen and oxygen atoms in total. The zero-order chi connectivity index (χ0) is 19.8. The van der Waals surface area contributed by atoms with E-state index in [1.807, 2.05) is 30.3 Å². The number of nitrogens with one attached hydrogen (secondary N) is 2. The minimum atomic E-state index is -0.445. The summed E-state index contributed by atoms with van der Waals surface area (Å²) in [7, 11) is 0. The minimum Gasteiger partial charge on any atom is -0.457 e. The Morgan fingerprint density at radius 2 is 1.43 bits per heavy atom. The van der Waals surface area contributed by atoms with Crippen LogP contribution in [0.25, 0.3) is 0 Å². The normalized spacial score (nSPS) is 10.2. The first-order valence-electron chi connectivity index (χ1n) is 8.73. The maximum atomic E-state index is 13.5. The van der Waals surface area contributed by atoms with Crippen LogP contribution < -0.4 is 15.4 Å². The van der Waals surface area contributed by atoms with Crippen LogP contribution in [0.4, 0.5) is 10.1 Å². The van der Waals surface area contributed by atoms with E-state index in [-0.39, 0.29) is 24.4 Å². The number of hydrogen-bond acceptors (Lipinski definition) is 3. The Bertz CT molecular complexity index is 944. The number of ether oxygens (including phenoxy) is 1. The van der Waals surface area contributed by atoms with Gasteiger partial charge < -0.3 is 15.4 Å². The summed E-state index contributed by atoms with van der Waals surface area (Å²) >= 11 is 0. The molecule has 0 unspecified atom stereocenters. The standard InChI is InChI=1S/C22H19FN2O3/c23-20-9-5-4-6-16(20)14-21(26)24-15-22(27)25-17-10-12-19(13-11-17)28-18-7-2-1-3-8-18/h1-13H,14-15H2,(H,24,26)(H,25,27). The predicted molar refractivity (Wildman–Crippen MR) is 105 cm³/mol. The van der Waals surface area contributed by atoms with Crippen molar-refractivity contribution in [1.82, 2.24) is 5.32 Å². The van der Waals surface area contributed by atoms with Gasteiger partial charge in [-0.25, -0.2) is 4.39 Å². The van der Waals surface area contributed by atoms with Gasteiger partial charge in [0.15, 0.2) is 0 Å². The summed E-state index contributed by atoms with van der Waals surface area (Å²) < 4.78 is 19.2. The van der Waals surface area contributed by atoms with Gasteiger partial charge in [0, 0.05) is 5.69 Å². The predicted octanol–water partition coefficient (Wildman–Crippen LogP) is 3.92. The highest BCUT2D eigenvalue weighted by molar-refractivity contribution is 5.94. The second kappa shape index (κ2) is 9.32. The molecule has 0 spiro atoms. The van der Waals surface area contributed by atoms with Crippen LogP contribution in [-0.2, 0) is 16.0 Å².